The third-order valence-corrected chi connectivity index (χ3v) is 1.27. The van der Waals surface area contributed by atoms with E-state index in [1.165, 1.54) is 0 Å². The first-order valence-electron chi connectivity index (χ1n) is 3.09. The molecular formula is C6H11NO3. The van der Waals surface area contributed by atoms with E-state index in [0.29, 0.717) is 0 Å². The predicted octanol–water partition coefficient (Wildman–Crippen LogP) is -0.375. The molecule has 10 heavy (non-hydrogen) atoms. The van der Waals surface area contributed by atoms with Gasteiger partial charge < -0.3 is 10.8 Å². The van der Waals surface area contributed by atoms with Gasteiger partial charge in [-0.1, -0.05) is 6.92 Å². The zero-order chi connectivity index (χ0) is 8.15. The summed E-state index contributed by atoms with van der Waals surface area (Å²) in [7, 11) is 0. The lowest BCUT2D eigenvalue weighted by molar-refractivity contribution is -0.145. The van der Waals surface area contributed by atoms with Crippen LogP contribution in [0.25, 0.3) is 0 Å². The van der Waals surface area contributed by atoms with Gasteiger partial charge in [0.25, 0.3) is 0 Å². The van der Waals surface area contributed by atoms with Gasteiger partial charge in [0, 0.05) is 13.0 Å². The monoisotopic (exact) mass is 145 g/mol. The zero-order valence-corrected chi connectivity index (χ0v) is 5.83. The Morgan fingerprint density at radius 3 is 2.20 bits per heavy atom. The molecule has 0 amide bonds. The SMILES string of the molecule is CCC(=O)C(CN)C(=O)O. The van der Waals surface area contributed by atoms with Crippen LogP contribution in [-0.4, -0.2) is 23.4 Å². The number of aliphatic carboxylic acids is 1. The van der Waals surface area contributed by atoms with Crippen LogP contribution in [0.5, 0.6) is 0 Å². The molecule has 0 rings (SSSR count). The summed E-state index contributed by atoms with van der Waals surface area (Å²) in [5, 5.41) is 8.37. The van der Waals surface area contributed by atoms with Crippen molar-refractivity contribution in [2.45, 2.75) is 13.3 Å². The van der Waals surface area contributed by atoms with E-state index in [4.69, 9.17) is 10.8 Å². The van der Waals surface area contributed by atoms with Gasteiger partial charge in [-0.2, -0.15) is 0 Å². The van der Waals surface area contributed by atoms with Crippen molar-refractivity contribution in [1.29, 1.82) is 0 Å². The van der Waals surface area contributed by atoms with E-state index in [1.807, 2.05) is 0 Å². The van der Waals surface area contributed by atoms with Gasteiger partial charge in [-0.3, -0.25) is 9.59 Å². The number of carbonyl (C=O) groups is 2. The van der Waals surface area contributed by atoms with Crippen molar-refractivity contribution < 1.29 is 14.7 Å². The van der Waals surface area contributed by atoms with Gasteiger partial charge >= 0.3 is 5.97 Å². The Morgan fingerprint density at radius 2 is 2.10 bits per heavy atom. The average molecular weight is 145 g/mol. The van der Waals surface area contributed by atoms with Gasteiger partial charge in [0.2, 0.25) is 0 Å². The van der Waals surface area contributed by atoms with Crippen LogP contribution in [0.4, 0.5) is 0 Å². The molecule has 4 heteroatoms. The molecule has 0 saturated carbocycles. The highest BCUT2D eigenvalue weighted by Gasteiger charge is 2.21. The highest BCUT2D eigenvalue weighted by atomic mass is 16.4. The quantitative estimate of drug-likeness (QED) is 0.528. The van der Waals surface area contributed by atoms with Gasteiger partial charge in [0.05, 0.1) is 0 Å². The molecule has 0 aromatic rings. The molecule has 1 unspecified atom stereocenters. The second kappa shape index (κ2) is 4.00. The van der Waals surface area contributed by atoms with Crippen molar-refractivity contribution >= 4 is 11.8 Å². The average Bonchev–Trinajstić information content (AvgIpc) is 1.88. The Bertz CT molecular complexity index is 144. The molecule has 0 fully saturated rings. The van der Waals surface area contributed by atoms with Crippen molar-refractivity contribution in [3.05, 3.63) is 0 Å². The van der Waals surface area contributed by atoms with Crippen LogP contribution in [0, 0.1) is 5.92 Å². The molecule has 0 aliphatic heterocycles. The number of nitrogens with two attached hydrogens (primary N) is 1. The largest absolute Gasteiger partial charge is 0.481 e. The number of hydrogen-bond donors (Lipinski definition) is 2. The maximum absolute atomic E-state index is 10.7. The van der Waals surface area contributed by atoms with E-state index in [-0.39, 0.29) is 18.7 Å². The van der Waals surface area contributed by atoms with Crippen molar-refractivity contribution in [2.75, 3.05) is 6.54 Å². The fourth-order valence-corrected chi connectivity index (χ4v) is 0.616. The minimum atomic E-state index is -1.13. The Balaban J connectivity index is 4.06. The summed E-state index contributed by atoms with van der Waals surface area (Å²) in [6, 6.07) is 0. The third-order valence-electron chi connectivity index (χ3n) is 1.27. The van der Waals surface area contributed by atoms with E-state index < -0.39 is 11.9 Å². The number of carboxylic acid groups (broad SMARTS) is 1. The van der Waals surface area contributed by atoms with Crippen molar-refractivity contribution in [3.8, 4) is 0 Å². The summed E-state index contributed by atoms with van der Waals surface area (Å²) in [5.41, 5.74) is 5.05. The number of rotatable bonds is 4. The van der Waals surface area contributed by atoms with Gasteiger partial charge in [-0.05, 0) is 0 Å². The lowest BCUT2D eigenvalue weighted by Gasteiger charge is -2.04. The lowest BCUT2D eigenvalue weighted by atomic mass is 10.0. The fourth-order valence-electron chi connectivity index (χ4n) is 0.616. The molecule has 0 heterocycles. The van der Waals surface area contributed by atoms with Crippen LogP contribution in [0.3, 0.4) is 0 Å². The Labute approximate surface area is 59.0 Å². The maximum atomic E-state index is 10.7. The summed E-state index contributed by atoms with van der Waals surface area (Å²) in [4.78, 5) is 21.0. The van der Waals surface area contributed by atoms with Crippen molar-refractivity contribution in [3.63, 3.8) is 0 Å². The summed E-state index contributed by atoms with van der Waals surface area (Å²) < 4.78 is 0. The van der Waals surface area contributed by atoms with Gasteiger partial charge in [-0.25, -0.2) is 0 Å². The first-order chi connectivity index (χ1) is 4.63. The Kier molecular flexibility index (Phi) is 3.64. The summed E-state index contributed by atoms with van der Waals surface area (Å²) in [6.45, 7) is 1.51. The van der Waals surface area contributed by atoms with Crippen LogP contribution in [0.15, 0.2) is 0 Å². The topological polar surface area (TPSA) is 80.4 Å². The van der Waals surface area contributed by atoms with E-state index >= 15 is 0 Å². The number of carbonyl (C=O) groups excluding carboxylic acids is 1. The molecule has 4 nitrogen and oxygen atoms in total. The maximum Gasteiger partial charge on any atom is 0.315 e. The second-order valence-corrected chi connectivity index (χ2v) is 1.95. The van der Waals surface area contributed by atoms with Crippen LogP contribution < -0.4 is 5.73 Å². The molecular weight excluding hydrogens is 134 g/mol. The first kappa shape index (κ1) is 9.10. The van der Waals surface area contributed by atoms with E-state index in [0.717, 1.165) is 0 Å². The van der Waals surface area contributed by atoms with Crippen LogP contribution >= 0.6 is 0 Å². The van der Waals surface area contributed by atoms with E-state index in [2.05, 4.69) is 0 Å². The highest BCUT2D eigenvalue weighted by Crippen LogP contribution is 1.98. The van der Waals surface area contributed by atoms with E-state index in [9.17, 15) is 9.59 Å². The summed E-state index contributed by atoms with van der Waals surface area (Å²) in [6.07, 6.45) is 0.230. The van der Waals surface area contributed by atoms with Gasteiger partial charge in [0.1, 0.15) is 11.7 Å². The van der Waals surface area contributed by atoms with Gasteiger partial charge in [-0.15, -0.1) is 0 Å². The molecule has 0 saturated heterocycles. The molecule has 0 aromatic carbocycles. The number of ketones is 1. The number of Topliss-reactive ketones (excluding diaryl/α,β-unsaturated/α-hetero) is 1. The molecule has 58 valence electrons. The number of carboxylic acids is 1. The van der Waals surface area contributed by atoms with Crippen LogP contribution in [0.2, 0.25) is 0 Å². The Morgan fingerprint density at radius 1 is 1.60 bits per heavy atom. The first-order valence-corrected chi connectivity index (χ1v) is 3.09. The molecule has 0 aliphatic rings. The minimum absolute atomic E-state index is 0.109. The molecule has 0 aliphatic carbocycles. The fraction of sp³-hybridized carbons (Fsp3) is 0.667. The smallest absolute Gasteiger partial charge is 0.315 e. The summed E-state index contributed by atoms with van der Waals surface area (Å²) >= 11 is 0. The second-order valence-electron chi connectivity index (χ2n) is 1.95. The highest BCUT2D eigenvalue weighted by molar-refractivity contribution is 5.98. The van der Waals surface area contributed by atoms with Crippen LogP contribution in [-0.2, 0) is 9.59 Å². The lowest BCUT2D eigenvalue weighted by Crippen LogP contribution is -2.30. The van der Waals surface area contributed by atoms with Crippen LogP contribution in [0.1, 0.15) is 13.3 Å². The molecule has 0 radical (unpaired) electrons. The minimum Gasteiger partial charge on any atom is -0.481 e. The van der Waals surface area contributed by atoms with Crippen molar-refractivity contribution in [2.24, 2.45) is 11.7 Å². The third kappa shape index (κ3) is 2.14. The molecule has 0 aromatic heterocycles. The number of hydrogen-bond acceptors (Lipinski definition) is 3. The molecule has 3 N–H and O–H groups in total. The summed E-state index contributed by atoms with van der Waals surface area (Å²) in [5.74, 6) is -2.45. The van der Waals surface area contributed by atoms with Gasteiger partial charge in [0.15, 0.2) is 0 Å². The molecule has 1 atom stereocenters. The molecule has 0 bridgehead atoms. The Hall–Kier alpha value is -0.900. The normalized spacial score (nSPS) is 12.6. The van der Waals surface area contributed by atoms with Crippen molar-refractivity contribution in [1.82, 2.24) is 0 Å². The van der Waals surface area contributed by atoms with E-state index in [1.54, 1.807) is 6.92 Å². The predicted molar refractivity (Wildman–Crippen MR) is 35.5 cm³/mol. The zero-order valence-electron chi connectivity index (χ0n) is 5.83. The molecule has 0 spiro atoms. The standard InChI is InChI=1S/C6H11NO3/c1-2-5(8)4(3-7)6(9)10/h4H,2-3,7H2,1H3,(H,9,10).